The van der Waals surface area contributed by atoms with Crippen molar-refractivity contribution in [3.63, 3.8) is 0 Å². The Morgan fingerprint density at radius 1 is 1.06 bits per heavy atom. The van der Waals surface area contributed by atoms with Crippen LogP contribution >= 0.6 is 0 Å². The SMILES string of the molecule is COc1cc(Nc2nccc(-c3ccc(OC)c(N)c3)n2)cc(C(=O)NC2CCCC2)c1. The summed E-state index contributed by atoms with van der Waals surface area (Å²) in [7, 11) is 3.15. The van der Waals surface area contributed by atoms with Gasteiger partial charge in [0.05, 0.1) is 25.6 Å². The van der Waals surface area contributed by atoms with Crippen LogP contribution in [-0.2, 0) is 0 Å². The van der Waals surface area contributed by atoms with Crippen LogP contribution in [0.5, 0.6) is 11.5 Å². The van der Waals surface area contributed by atoms with Crippen LogP contribution in [0.2, 0.25) is 0 Å². The summed E-state index contributed by atoms with van der Waals surface area (Å²) in [6.45, 7) is 0. The Hall–Kier alpha value is -3.81. The van der Waals surface area contributed by atoms with Crippen molar-refractivity contribution in [3.05, 3.63) is 54.2 Å². The maximum atomic E-state index is 12.7. The Bertz CT molecular complexity index is 1110. The lowest BCUT2D eigenvalue weighted by atomic mass is 10.1. The highest BCUT2D eigenvalue weighted by Crippen LogP contribution is 2.29. The number of ether oxygens (including phenoxy) is 2. The van der Waals surface area contributed by atoms with Gasteiger partial charge in [-0.25, -0.2) is 9.97 Å². The van der Waals surface area contributed by atoms with Gasteiger partial charge in [0, 0.05) is 35.1 Å². The van der Waals surface area contributed by atoms with E-state index < -0.39 is 0 Å². The van der Waals surface area contributed by atoms with Crippen LogP contribution in [0.4, 0.5) is 17.3 Å². The molecule has 0 spiro atoms. The van der Waals surface area contributed by atoms with Gasteiger partial charge in [0.15, 0.2) is 0 Å². The summed E-state index contributed by atoms with van der Waals surface area (Å²) in [5.41, 5.74) is 9.30. The largest absolute Gasteiger partial charge is 0.497 e. The smallest absolute Gasteiger partial charge is 0.251 e. The Morgan fingerprint density at radius 3 is 2.59 bits per heavy atom. The first-order valence-corrected chi connectivity index (χ1v) is 10.6. The summed E-state index contributed by atoms with van der Waals surface area (Å²) in [5, 5.41) is 6.28. The first kappa shape index (κ1) is 21.4. The standard InChI is InChI=1S/C24H27N5O3/c1-31-19-12-16(23(30)27-17-5-3-4-6-17)11-18(14-19)28-24-26-10-9-21(29-24)15-7-8-22(32-2)20(25)13-15/h7-14,17H,3-6,25H2,1-2H3,(H,27,30)(H,26,28,29). The second kappa shape index (κ2) is 9.55. The molecule has 1 amide bonds. The molecule has 8 nitrogen and oxygen atoms in total. The summed E-state index contributed by atoms with van der Waals surface area (Å²) < 4.78 is 10.6. The highest BCUT2D eigenvalue weighted by molar-refractivity contribution is 5.96. The minimum Gasteiger partial charge on any atom is -0.497 e. The van der Waals surface area contributed by atoms with Gasteiger partial charge in [-0.3, -0.25) is 4.79 Å². The van der Waals surface area contributed by atoms with Crippen LogP contribution in [0.25, 0.3) is 11.3 Å². The van der Waals surface area contributed by atoms with E-state index in [0.29, 0.717) is 40.1 Å². The van der Waals surface area contributed by atoms with Crippen molar-refractivity contribution in [1.82, 2.24) is 15.3 Å². The number of carbonyl (C=O) groups excluding carboxylic acids is 1. The Labute approximate surface area is 187 Å². The van der Waals surface area contributed by atoms with Crippen LogP contribution < -0.4 is 25.8 Å². The molecule has 3 aromatic rings. The molecule has 1 aromatic heterocycles. The predicted molar refractivity (Wildman–Crippen MR) is 124 cm³/mol. The number of rotatable bonds is 7. The van der Waals surface area contributed by atoms with Gasteiger partial charge in [-0.2, -0.15) is 0 Å². The number of aromatic nitrogens is 2. The average Bonchev–Trinajstić information content (AvgIpc) is 3.32. The van der Waals surface area contributed by atoms with E-state index >= 15 is 0 Å². The number of nitrogen functional groups attached to an aromatic ring is 1. The Kier molecular flexibility index (Phi) is 6.39. The molecule has 0 unspecified atom stereocenters. The van der Waals surface area contributed by atoms with E-state index in [2.05, 4.69) is 20.6 Å². The molecule has 4 rings (SSSR count). The molecule has 1 fully saturated rings. The maximum absolute atomic E-state index is 12.7. The van der Waals surface area contributed by atoms with Crippen LogP contribution in [0.15, 0.2) is 48.7 Å². The molecule has 2 aromatic carbocycles. The van der Waals surface area contributed by atoms with Gasteiger partial charge in [-0.1, -0.05) is 12.8 Å². The summed E-state index contributed by atoms with van der Waals surface area (Å²) in [4.78, 5) is 21.6. The molecule has 166 valence electrons. The van der Waals surface area contributed by atoms with Crippen LogP contribution in [0.3, 0.4) is 0 Å². The second-order valence-electron chi connectivity index (χ2n) is 7.75. The van der Waals surface area contributed by atoms with E-state index in [1.165, 1.54) is 0 Å². The highest BCUT2D eigenvalue weighted by atomic mass is 16.5. The molecular formula is C24H27N5O3. The lowest BCUT2D eigenvalue weighted by molar-refractivity contribution is 0.0937. The molecule has 0 radical (unpaired) electrons. The fraction of sp³-hybridized carbons (Fsp3) is 0.292. The van der Waals surface area contributed by atoms with Gasteiger partial charge in [-0.05, 0) is 49.2 Å². The van der Waals surface area contributed by atoms with Crippen molar-refractivity contribution >= 4 is 23.2 Å². The first-order chi connectivity index (χ1) is 15.6. The number of nitrogens with zero attached hydrogens (tertiary/aromatic N) is 2. The minimum atomic E-state index is -0.109. The molecule has 1 aliphatic rings. The normalized spacial score (nSPS) is 13.6. The van der Waals surface area contributed by atoms with E-state index in [1.807, 2.05) is 12.1 Å². The summed E-state index contributed by atoms with van der Waals surface area (Å²) >= 11 is 0. The zero-order valence-corrected chi connectivity index (χ0v) is 18.2. The number of hydrogen-bond donors (Lipinski definition) is 3. The molecule has 1 saturated carbocycles. The zero-order chi connectivity index (χ0) is 22.5. The van der Waals surface area contributed by atoms with Crippen molar-refractivity contribution < 1.29 is 14.3 Å². The second-order valence-corrected chi connectivity index (χ2v) is 7.75. The summed E-state index contributed by atoms with van der Waals surface area (Å²) in [6, 6.07) is 12.8. The lowest BCUT2D eigenvalue weighted by Gasteiger charge is -2.14. The number of amides is 1. The third kappa shape index (κ3) is 4.91. The van der Waals surface area contributed by atoms with Crippen LogP contribution in [0, 0.1) is 0 Å². The van der Waals surface area contributed by atoms with E-state index in [9.17, 15) is 4.79 Å². The fourth-order valence-electron chi connectivity index (χ4n) is 3.86. The zero-order valence-electron chi connectivity index (χ0n) is 18.2. The number of anilines is 3. The molecule has 4 N–H and O–H groups in total. The Morgan fingerprint density at radius 2 is 1.88 bits per heavy atom. The number of nitrogens with one attached hydrogen (secondary N) is 2. The minimum absolute atomic E-state index is 0.109. The first-order valence-electron chi connectivity index (χ1n) is 10.6. The van der Waals surface area contributed by atoms with E-state index in [1.54, 1.807) is 50.7 Å². The molecule has 0 saturated heterocycles. The fourth-order valence-corrected chi connectivity index (χ4v) is 3.86. The maximum Gasteiger partial charge on any atom is 0.251 e. The molecule has 0 bridgehead atoms. The van der Waals surface area contributed by atoms with Gasteiger partial charge in [0.1, 0.15) is 11.5 Å². The van der Waals surface area contributed by atoms with Crippen molar-refractivity contribution in [2.75, 3.05) is 25.3 Å². The third-order valence-corrected chi connectivity index (χ3v) is 5.53. The van der Waals surface area contributed by atoms with E-state index in [4.69, 9.17) is 15.2 Å². The number of hydrogen-bond acceptors (Lipinski definition) is 7. The van der Waals surface area contributed by atoms with Gasteiger partial charge < -0.3 is 25.8 Å². The highest BCUT2D eigenvalue weighted by Gasteiger charge is 2.19. The van der Waals surface area contributed by atoms with E-state index in [-0.39, 0.29) is 11.9 Å². The topological polar surface area (TPSA) is 111 Å². The van der Waals surface area contributed by atoms with Crippen molar-refractivity contribution in [3.8, 4) is 22.8 Å². The molecule has 32 heavy (non-hydrogen) atoms. The predicted octanol–water partition coefficient (Wildman–Crippen LogP) is 4.16. The third-order valence-electron chi connectivity index (χ3n) is 5.53. The lowest BCUT2D eigenvalue weighted by Crippen LogP contribution is -2.32. The monoisotopic (exact) mass is 433 g/mol. The van der Waals surface area contributed by atoms with Crippen molar-refractivity contribution in [2.24, 2.45) is 0 Å². The van der Waals surface area contributed by atoms with Gasteiger partial charge in [-0.15, -0.1) is 0 Å². The average molecular weight is 434 g/mol. The number of carbonyl (C=O) groups is 1. The van der Waals surface area contributed by atoms with Crippen LogP contribution in [-0.4, -0.2) is 36.1 Å². The van der Waals surface area contributed by atoms with E-state index in [0.717, 1.165) is 31.2 Å². The quantitative estimate of drug-likeness (QED) is 0.480. The number of methoxy groups -OCH3 is 2. The molecule has 8 heteroatoms. The molecular weight excluding hydrogens is 406 g/mol. The Balaban J connectivity index is 1.56. The van der Waals surface area contributed by atoms with Crippen molar-refractivity contribution in [2.45, 2.75) is 31.7 Å². The van der Waals surface area contributed by atoms with Gasteiger partial charge in [0.25, 0.3) is 5.91 Å². The van der Waals surface area contributed by atoms with Crippen molar-refractivity contribution in [1.29, 1.82) is 0 Å². The van der Waals surface area contributed by atoms with Crippen LogP contribution in [0.1, 0.15) is 36.0 Å². The molecule has 1 aliphatic carbocycles. The number of nitrogens with two attached hydrogens (primary N) is 1. The van der Waals surface area contributed by atoms with Gasteiger partial charge in [0.2, 0.25) is 5.95 Å². The molecule has 1 heterocycles. The number of benzene rings is 2. The molecule has 0 aliphatic heterocycles. The molecule has 0 atom stereocenters. The van der Waals surface area contributed by atoms with Gasteiger partial charge >= 0.3 is 0 Å². The summed E-state index contributed by atoms with van der Waals surface area (Å²) in [6.07, 6.45) is 6.03. The summed E-state index contributed by atoms with van der Waals surface area (Å²) in [5.74, 6) is 1.47.